The predicted octanol–water partition coefficient (Wildman–Crippen LogP) is 1.95. The highest BCUT2D eigenvalue weighted by molar-refractivity contribution is 5.94. The Bertz CT molecular complexity index is 553. The Morgan fingerprint density at radius 3 is 2.39 bits per heavy atom. The molecule has 3 N–H and O–H groups in total. The molecule has 18 heavy (non-hydrogen) atoms. The van der Waals surface area contributed by atoms with Gasteiger partial charge in [-0.05, 0) is 37.6 Å². The maximum absolute atomic E-state index is 11.3. The number of nitrogens with one attached hydrogen (secondary N) is 1. The van der Waals surface area contributed by atoms with Crippen molar-refractivity contribution in [2.45, 2.75) is 20.4 Å². The van der Waals surface area contributed by atoms with Crippen molar-refractivity contribution in [3.8, 4) is 0 Å². The number of hydrogen-bond donors (Lipinski definition) is 2. The predicted molar refractivity (Wildman–Crippen MR) is 71.9 cm³/mol. The van der Waals surface area contributed by atoms with E-state index in [2.05, 4.69) is 5.43 Å². The van der Waals surface area contributed by atoms with Gasteiger partial charge in [0.25, 0.3) is 0 Å². The van der Waals surface area contributed by atoms with E-state index < -0.39 is 5.91 Å². The summed E-state index contributed by atoms with van der Waals surface area (Å²) >= 11 is 0. The van der Waals surface area contributed by atoms with E-state index in [-0.39, 0.29) is 0 Å². The minimum absolute atomic E-state index is 0.395. The van der Waals surface area contributed by atoms with E-state index in [1.807, 2.05) is 48.9 Å². The molecule has 0 radical (unpaired) electrons. The lowest BCUT2D eigenvalue weighted by Crippen LogP contribution is -2.20. The molecule has 2 aromatic rings. The van der Waals surface area contributed by atoms with Crippen molar-refractivity contribution >= 4 is 5.91 Å². The highest BCUT2D eigenvalue weighted by atomic mass is 16.1. The summed E-state index contributed by atoms with van der Waals surface area (Å²) in [5.74, 6) is -0.395. The molecule has 1 amide bonds. The van der Waals surface area contributed by atoms with Crippen LogP contribution in [0.5, 0.6) is 0 Å². The quantitative estimate of drug-likeness (QED) is 0.862. The van der Waals surface area contributed by atoms with Gasteiger partial charge in [0.05, 0.1) is 6.54 Å². The Balaban J connectivity index is 2.18. The first kappa shape index (κ1) is 12.2. The van der Waals surface area contributed by atoms with Gasteiger partial charge < -0.3 is 11.2 Å². The van der Waals surface area contributed by atoms with Gasteiger partial charge in [0.15, 0.2) is 0 Å². The lowest BCUT2D eigenvalue weighted by atomic mass is 10.1. The molecule has 94 valence electrons. The van der Waals surface area contributed by atoms with Crippen molar-refractivity contribution in [2.75, 3.05) is 5.43 Å². The number of nitrogens with two attached hydrogens (primary N) is 1. The zero-order chi connectivity index (χ0) is 13.1. The molecule has 0 spiro atoms. The van der Waals surface area contributed by atoms with Crippen LogP contribution in [-0.2, 0) is 6.54 Å². The number of benzene rings is 1. The molecule has 0 unspecified atom stereocenters. The Morgan fingerprint density at radius 1 is 1.17 bits per heavy atom. The molecule has 2 rings (SSSR count). The summed E-state index contributed by atoms with van der Waals surface area (Å²) in [4.78, 5) is 11.3. The van der Waals surface area contributed by atoms with Crippen LogP contribution in [0.2, 0.25) is 0 Å². The fraction of sp³-hybridized carbons (Fsp3) is 0.214. The van der Waals surface area contributed by atoms with Gasteiger partial charge in [0, 0.05) is 17.0 Å². The minimum Gasteiger partial charge on any atom is -0.366 e. The third kappa shape index (κ3) is 2.37. The standard InChI is InChI=1S/C14H17N3O/c1-10-7-8-11(2)17(10)16-9-12-5-3-4-6-13(12)14(15)18/h3-8,16H,9H2,1-2H3,(H2,15,18). The number of amides is 1. The van der Waals surface area contributed by atoms with Crippen LogP contribution in [0.15, 0.2) is 36.4 Å². The Hall–Kier alpha value is -2.23. The van der Waals surface area contributed by atoms with E-state index in [0.717, 1.165) is 17.0 Å². The Morgan fingerprint density at radius 2 is 1.78 bits per heavy atom. The fourth-order valence-electron chi connectivity index (χ4n) is 2.00. The first-order valence-electron chi connectivity index (χ1n) is 5.86. The molecule has 0 bridgehead atoms. The van der Waals surface area contributed by atoms with Gasteiger partial charge in [-0.1, -0.05) is 18.2 Å². The van der Waals surface area contributed by atoms with Crippen LogP contribution >= 0.6 is 0 Å². The van der Waals surface area contributed by atoms with Gasteiger partial charge in [0.2, 0.25) is 5.91 Å². The molecule has 0 saturated carbocycles. The molecule has 1 aromatic heterocycles. The number of rotatable bonds is 4. The van der Waals surface area contributed by atoms with Crippen molar-refractivity contribution in [2.24, 2.45) is 5.73 Å². The van der Waals surface area contributed by atoms with E-state index >= 15 is 0 Å². The number of aromatic nitrogens is 1. The normalized spacial score (nSPS) is 10.3. The second-order valence-electron chi connectivity index (χ2n) is 4.31. The Labute approximate surface area is 106 Å². The van der Waals surface area contributed by atoms with E-state index in [0.29, 0.717) is 12.1 Å². The van der Waals surface area contributed by atoms with Crippen molar-refractivity contribution in [3.05, 3.63) is 58.9 Å². The maximum Gasteiger partial charge on any atom is 0.249 e. The van der Waals surface area contributed by atoms with Gasteiger partial charge in [-0.25, -0.2) is 0 Å². The molecule has 4 nitrogen and oxygen atoms in total. The molecule has 4 heteroatoms. The summed E-state index contributed by atoms with van der Waals surface area (Å²) in [5, 5.41) is 0. The lowest BCUT2D eigenvalue weighted by molar-refractivity contribution is 0.0999. The van der Waals surface area contributed by atoms with Crippen LogP contribution in [0.1, 0.15) is 27.3 Å². The molecule has 1 aromatic carbocycles. The molecule has 0 saturated heterocycles. The first-order valence-corrected chi connectivity index (χ1v) is 5.86. The fourth-order valence-corrected chi connectivity index (χ4v) is 2.00. The third-order valence-corrected chi connectivity index (χ3v) is 2.98. The number of carbonyl (C=O) groups excluding carboxylic acids is 1. The number of aryl methyl sites for hydroxylation is 2. The average molecular weight is 243 g/mol. The minimum atomic E-state index is -0.395. The Kier molecular flexibility index (Phi) is 3.37. The second-order valence-corrected chi connectivity index (χ2v) is 4.31. The van der Waals surface area contributed by atoms with Crippen LogP contribution in [0.4, 0.5) is 0 Å². The largest absolute Gasteiger partial charge is 0.366 e. The summed E-state index contributed by atoms with van der Waals surface area (Å²) in [6, 6.07) is 11.5. The molecule has 0 aliphatic rings. The number of hydrogen-bond acceptors (Lipinski definition) is 2. The average Bonchev–Trinajstić information content (AvgIpc) is 2.67. The lowest BCUT2D eigenvalue weighted by Gasteiger charge is -2.14. The summed E-state index contributed by atoms with van der Waals surface area (Å²) in [5.41, 5.74) is 12.4. The van der Waals surface area contributed by atoms with Crippen LogP contribution in [0.3, 0.4) is 0 Å². The van der Waals surface area contributed by atoms with Gasteiger partial charge in [-0.2, -0.15) is 0 Å². The van der Waals surface area contributed by atoms with Crippen molar-refractivity contribution < 1.29 is 4.79 Å². The van der Waals surface area contributed by atoms with Crippen LogP contribution < -0.4 is 11.2 Å². The van der Waals surface area contributed by atoms with E-state index in [4.69, 9.17) is 5.73 Å². The summed E-state index contributed by atoms with van der Waals surface area (Å²) < 4.78 is 2.00. The van der Waals surface area contributed by atoms with Gasteiger partial charge in [-0.3, -0.25) is 9.47 Å². The SMILES string of the molecule is Cc1ccc(C)n1NCc1ccccc1C(N)=O. The number of nitrogens with zero attached hydrogens (tertiary/aromatic N) is 1. The molecular formula is C14H17N3O. The van der Waals surface area contributed by atoms with Crippen molar-refractivity contribution in [3.63, 3.8) is 0 Å². The summed E-state index contributed by atoms with van der Waals surface area (Å²) in [6.45, 7) is 4.62. The number of primary amides is 1. The monoisotopic (exact) mass is 243 g/mol. The van der Waals surface area contributed by atoms with Crippen LogP contribution in [0, 0.1) is 13.8 Å². The summed E-state index contributed by atoms with van der Waals surface area (Å²) in [6.07, 6.45) is 0. The zero-order valence-corrected chi connectivity index (χ0v) is 10.6. The third-order valence-electron chi connectivity index (χ3n) is 2.98. The van der Waals surface area contributed by atoms with Crippen molar-refractivity contribution in [1.82, 2.24) is 4.68 Å². The van der Waals surface area contributed by atoms with Gasteiger partial charge in [0.1, 0.15) is 0 Å². The first-order chi connectivity index (χ1) is 8.59. The van der Waals surface area contributed by atoms with Crippen LogP contribution in [-0.4, -0.2) is 10.6 Å². The van der Waals surface area contributed by atoms with Gasteiger partial charge in [-0.15, -0.1) is 0 Å². The zero-order valence-electron chi connectivity index (χ0n) is 10.6. The van der Waals surface area contributed by atoms with Gasteiger partial charge >= 0.3 is 0 Å². The second kappa shape index (κ2) is 4.96. The summed E-state index contributed by atoms with van der Waals surface area (Å²) in [7, 11) is 0. The molecule has 0 aliphatic carbocycles. The highest BCUT2D eigenvalue weighted by Crippen LogP contribution is 2.10. The molecule has 0 aliphatic heterocycles. The number of carbonyl (C=O) groups is 1. The topological polar surface area (TPSA) is 60.1 Å². The van der Waals surface area contributed by atoms with Crippen molar-refractivity contribution in [1.29, 1.82) is 0 Å². The molecule has 0 fully saturated rings. The van der Waals surface area contributed by atoms with Crippen LogP contribution in [0.25, 0.3) is 0 Å². The smallest absolute Gasteiger partial charge is 0.249 e. The van der Waals surface area contributed by atoms with E-state index in [9.17, 15) is 4.79 Å². The molecule has 0 atom stereocenters. The molecule has 1 heterocycles. The van der Waals surface area contributed by atoms with E-state index in [1.165, 1.54) is 0 Å². The molecular weight excluding hydrogens is 226 g/mol. The maximum atomic E-state index is 11.3. The van der Waals surface area contributed by atoms with E-state index in [1.54, 1.807) is 6.07 Å². The highest BCUT2D eigenvalue weighted by Gasteiger charge is 2.07.